The first-order valence-electron chi connectivity index (χ1n) is 4.72. The molecular formula is C11H14F2N2. The zero-order valence-corrected chi connectivity index (χ0v) is 8.56. The number of nitrogens with two attached hydrogens (primary N) is 1. The van der Waals surface area contributed by atoms with E-state index in [0.717, 1.165) is 6.42 Å². The van der Waals surface area contributed by atoms with E-state index in [-0.39, 0.29) is 5.56 Å². The van der Waals surface area contributed by atoms with E-state index in [2.05, 4.69) is 5.32 Å². The quantitative estimate of drug-likeness (QED) is 0.805. The van der Waals surface area contributed by atoms with E-state index in [1.54, 1.807) is 6.20 Å². The minimum absolute atomic E-state index is 0.0449. The van der Waals surface area contributed by atoms with Crippen molar-refractivity contribution in [3.8, 4) is 0 Å². The van der Waals surface area contributed by atoms with Crippen LogP contribution in [0.3, 0.4) is 0 Å². The minimum atomic E-state index is -0.811. The molecule has 0 saturated carbocycles. The maximum Gasteiger partial charge on any atom is 0.129 e. The van der Waals surface area contributed by atoms with Crippen molar-refractivity contribution in [1.29, 1.82) is 0 Å². The fraction of sp³-hybridized carbons (Fsp3) is 0.273. The molecule has 0 spiro atoms. The van der Waals surface area contributed by atoms with E-state index in [0.29, 0.717) is 11.4 Å². The summed E-state index contributed by atoms with van der Waals surface area (Å²) in [5.41, 5.74) is 6.92. The summed E-state index contributed by atoms with van der Waals surface area (Å²) in [4.78, 5) is 0. The Morgan fingerprint density at radius 3 is 2.87 bits per heavy atom. The molecule has 82 valence electrons. The first kappa shape index (κ1) is 11.5. The third-order valence-electron chi connectivity index (χ3n) is 2.02. The maximum absolute atomic E-state index is 12.9. The van der Waals surface area contributed by atoms with E-state index in [9.17, 15) is 8.78 Å². The third-order valence-corrected chi connectivity index (χ3v) is 2.02. The molecule has 0 heterocycles. The van der Waals surface area contributed by atoms with Crippen LogP contribution in [0.5, 0.6) is 0 Å². The number of nitrogens with one attached hydrogen (secondary N) is 1. The Hall–Kier alpha value is -1.58. The molecule has 0 atom stereocenters. The number of hydrogen-bond acceptors (Lipinski definition) is 2. The van der Waals surface area contributed by atoms with Crippen LogP contribution < -0.4 is 11.1 Å². The monoisotopic (exact) mass is 212 g/mol. The number of rotatable bonds is 4. The standard InChI is InChI=1S/C11H14F2N2/c1-2-9(14)7-15-10-3-4-11(13)8(5-10)6-12/h3-5,7,15H,2,6,14H2,1H3/b9-7-. The molecule has 15 heavy (non-hydrogen) atoms. The SMILES string of the molecule is CC/C(N)=C/Nc1ccc(F)c(CF)c1. The summed E-state index contributed by atoms with van der Waals surface area (Å²) in [5, 5.41) is 2.88. The highest BCUT2D eigenvalue weighted by Gasteiger charge is 2.01. The van der Waals surface area contributed by atoms with Crippen molar-refractivity contribution in [2.75, 3.05) is 5.32 Å². The van der Waals surface area contributed by atoms with Gasteiger partial charge in [-0.3, -0.25) is 0 Å². The van der Waals surface area contributed by atoms with Crippen molar-refractivity contribution >= 4 is 5.69 Å². The second-order valence-electron chi connectivity index (χ2n) is 3.16. The molecule has 0 aliphatic heterocycles. The molecule has 0 fully saturated rings. The molecule has 1 aromatic rings. The Kier molecular flexibility index (Phi) is 4.09. The lowest BCUT2D eigenvalue weighted by atomic mass is 10.2. The van der Waals surface area contributed by atoms with Gasteiger partial charge in [-0.05, 0) is 24.6 Å². The van der Waals surface area contributed by atoms with Crippen molar-refractivity contribution in [3.05, 3.63) is 41.5 Å². The van der Waals surface area contributed by atoms with Crippen LogP contribution >= 0.6 is 0 Å². The van der Waals surface area contributed by atoms with E-state index >= 15 is 0 Å². The van der Waals surface area contributed by atoms with Gasteiger partial charge in [-0.2, -0.15) is 0 Å². The molecule has 0 aliphatic carbocycles. The molecule has 1 aromatic carbocycles. The highest BCUT2D eigenvalue weighted by atomic mass is 19.1. The summed E-state index contributed by atoms with van der Waals surface area (Å²) < 4.78 is 25.3. The molecular weight excluding hydrogens is 198 g/mol. The lowest BCUT2D eigenvalue weighted by Gasteiger charge is -2.04. The Morgan fingerprint density at radius 2 is 2.27 bits per heavy atom. The van der Waals surface area contributed by atoms with Gasteiger partial charge in [0.1, 0.15) is 12.5 Å². The normalized spacial score (nSPS) is 11.5. The molecule has 0 saturated heterocycles. The van der Waals surface area contributed by atoms with Gasteiger partial charge in [-0.25, -0.2) is 8.78 Å². The lowest BCUT2D eigenvalue weighted by Crippen LogP contribution is -2.00. The Bertz CT molecular complexity index is 362. The first-order valence-corrected chi connectivity index (χ1v) is 4.72. The molecule has 0 unspecified atom stereocenters. The Balaban J connectivity index is 2.79. The van der Waals surface area contributed by atoms with Crippen LogP contribution in [-0.2, 0) is 6.67 Å². The smallest absolute Gasteiger partial charge is 0.129 e. The predicted molar refractivity (Wildman–Crippen MR) is 57.4 cm³/mol. The summed E-state index contributed by atoms with van der Waals surface area (Å²) in [5.74, 6) is -0.532. The fourth-order valence-corrected chi connectivity index (χ4v) is 1.05. The van der Waals surface area contributed by atoms with E-state index in [1.165, 1.54) is 18.2 Å². The lowest BCUT2D eigenvalue weighted by molar-refractivity contribution is 0.464. The van der Waals surface area contributed by atoms with Crippen LogP contribution in [0.25, 0.3) is 0 Å². The van der Waals surface area contributed by atoms with Gasteiger partial charge >= 0.3 is 0 Å². The van der Waals surface area contributed by atoms with Crippen LogP contribution in [-0.4, -0.2) is 0 Å². The van der Waals surface area contributed by atoms with Gasteiger partial charge in [-0.15, -0.1) is 0 Å². The van der Waals surface area contributed by atoms with Crippen LogP contribution in [0, 0.1) is 5.82 Å². The number of hydrogen-bond donors (Lipinski definition) is 2. The van der Waals surface area contributed by atoms with Gasteiger partial charge in [0.2, 0.25) is 0 Å². The van der Waals surface area contributed by atoms with Gasteiger partial charge in [0, 0.05) is 23.1 Å². The van der Waals surface area contributed by atoms with Crippen molar-refractivity contribution < 1.29 is 8.78 Å². The zero-order chi connectivity index (χ0) is 11.3. The van der Waals surface area contributed by atoms with E-state index in [4.69, 9.17) is 5.73 Å². The molecule has 4 heteroatoms. The molecule has 0 bridgehead atoms. The fourth-order valence-electron chi connectivity index (χ4n) is 1.05. The Labute approximate surface area is 87.8 Å². The number of alkyl halides is 1. The van der Waals surface area contributed by atoms with Crippen LogP contribution in [0.1, 0.15) is 18.9 Å². The molecule has 0 radical (unpaired) electrons. The summed E-state index contributed by atoms with van der Waals surface area (Å²) in [6.07, 6.45) is 2.35. The largest absolute Gasteiger partial charge is 0.401 e. The molecule has 0 aromatic heterocycles. The van der Waals surface area contributed by atoms with E-state index in [1.807, 2.05) is 6.92 Å². The zero-order valence-electron chi connectivity index (χ0n) is 8.56. The summed E-state index contributed by atoms with van der Waals surface area (Å²) >= 11 is 0. The molecule has 1 rings (SSSR count). The third kappa shape index (κ3) is 3.23. The molecule has 0 amide bonds. The number of anilines is 1. The van der Waals surface area contributed by atoms with Gasteiger partial charge in [-0.1, -0.05) is 6.92 Å². The minimum Gasteiger partial charge on any atom is -0.401 e. The number of benzene rings is 1. The molecule has 0 aliphatic rings. The van der Waals surface area contributed by atoms with Gasteiger partial charge < -0.3 is 11.1 Å². The topological polar surface area (TPSA) is 38.0 Å². The summed E-state index contributed by atoms with van der Waals surface area (Å²) in [7, 11) is 0. The van der Waals surface area contributed by atoms with Crippen molar-refractivity contribution in [1.82, 2.24) is 0 Å². The maximum atomic E-state index is 12.9. The second kappa shape index (κ2) is 5.34. The van der Waals surface area contributed by atoms with Gasteiger partial charge in [0.15, 0.2) is 0 Å². The average Bonchev–Trinajstić information content (AvgIpc) is 2.27. The Morgan fingerprint density at radius 1 is 1.53 bits per heavy atom. The second-order valence-corrected chi connectivity index (χ2v) is 3.16. The number of halogens is 2. The van der Waals surface area contributed by atoms with Crippen LogP contribution in [0.15, 0.2) is 30.1 Å². The van der Waals surface area contributed by atoms with Gasteiger partial charge in [0.25, 0.3) is 0 Å². The molecule has 2 nitrogen and oxygen atoms in total. The van der Waals surface area contributed by atoms with Gasteiger partial charge in [0.05, 0.1) is 0 Å². The van der Waals surface area contributed by atoms with Crippen molar-refractivity contribution in [2.45, 2.75) is 20.0 Å². The van der Waals surface area contributed by atoms with Crippen molar-refractivity contribution in [2.24, 2.45) is 5.73 Å². The average molecular weight is 212 g/mol. The van der Waals surface area contributed by atoms with Crippen LogP contribution in [0.4, 0.5) is 14.5 Å². The molecule has 3 N–H and O–H groups in total. The number of allylic oxidation sites excluding steroid dienone is 1. The highest BCUT2D eigenvalue weighted by Crippen LogP contribution is 2.15. The highest BCUT2D eigenvalue weighted by molar-refractivity contribution is 5.48. The summed E-state index contributed by atoms with van der Waals surface area (Å²) in [6.45, 7) is 1.11. The van der Waals surface area contributed by atoms with E-state index < -0.39 is 12.5 Å². The summed E-state index contributed by atoms with van der Waals surface area (Å²) in [6, 6.07) is 4.19. The first-order chi connectivity index (χ1) is 7.17. The van der Waals surface area contributed by atoms with Crippen LogP contribution in [0.2, 0.25) is 0 Å². The predicted octanol–water partition coefficient (Wildman–Crippen LogP) is 2.92. The van der Waals surface area contributed by atoms with Crippen molar-refractivity contribution in [3.63, 3.8) is 0 Å².